The van der Waals surface area contributed by atoms with Crippen LogP contribution in [-0.2, 0) is 14.8 Å². The van der Waals surface area contributed by atoms with Crippen molar-refractivity contribution < 1.29 is 18.3 Å². The lowest BCUT2D eigenvalue weighted by Gasteiger charge is -2.40. The van der Waals surface area contributed by atoms with E-state index in [0.717, 1.165) is 12.6 Å². The number of sulfonamides is 1. The van der Waals surface area contributed by atoms with Crippen LogP contribution >= 0.6 is 0 Å². The molecule has 1 saturated carbocycles. The number of hydrogen-bond donors (Lipinski definition) is 2. The Balaban J connectivity index is 2.22. The summed E-state index contributed by atoms with van der Waals surface area (Å²) in [7, 11) is -3.83. The van der Waals surface area contributed by atoms with E-state index in [0.29, 0.717) is 12.8 Å². The van der Waals surface area contributed by atoms with Gasteiger partial charge < -0.3 is 5.11 Å². The summed E-state index contributed by atoms with van der Waals surface area (Å²) in [6.45, 7) is 0. The molecule has 0 radical (unpaired) electrons. The van der Waals surface area contributed by atoms with Gasteiger partial charge in [-0.3, -0.25) is 4.79 Å². The molecule has 0 atom stereocenters. The van der Waals surface area contributed by atoms with Gasteiger partial charge in [-0.1, -0.05) is 0 Å². The number of carbonyl (C=O) groups is 1. The first-order valence-corrected chi connectivity index (χ1v) is 7.47. The number of carboxylic acid groups (broad SMARTS) is 1. The first-order chi connectivity index (χ1) is 9.37. The van der Waals surface area contributed by atoms with Gasteiger partial charge >= 0.3 is 5.97 Å². The quantitative estimate of drug-likeness (QED) is 0.822. The zero-order chi connectivity index (χ0) is 14.8. The van der Waals surface area contributed by atoms with Gasteiger partial charge in [0.25, 0.3) is 0 Å². The van der Waals surface area contributed by atoms with E-state index < -0.39 is 21.5 Å². The highest BCUT2D eigenvalue weighted by Gasteiger charge is 2.42. The second kappa shape index (κ2) is 5.19. The average Bonchev–Trinajstić information content (AvgIpc) is 2.35. The number of nitriles is 1. The number of hydrogen-bond acceptors (Lipinski definition) is 5. The smallest absolute Gasteiger partial charge is 0.305 e. The summed E-state index contributed by atoms with van der Waals surface area (Å²) in [6, 6.07) is 4.38. The molecule has 0 amide bonds. The van der Waals surface area contributed by atoms with E-state index in [4.69, 9.17) is 10.4 Å². The number of pyridine rings is 1. The molecule has 0 unspecified atom stereocenters. The predicted molar refractivity (Wildman–Crippen MR) is 68.1 cm³/mol. The second-order valence-electron chi connectivity index (χ2n) is 4.80. The van der Waals surface area contributed by atoms with Gasteiger partial charge in [0, 0.05) is 11.7 Å². The minimum Gasteiger partial charge on any atom is -0.481 e. The van der Waals surface area contributed by atoms with Gasteiger partial charge in [0.1, 0.15) is 16.7 Å². The van der Waals surface area contributed by atoms with Crippen LogP contribution in [0.4, 0.5) is 0 Å². The molecule has 1 heterocycles. The fourth-order valence-corrected chi connectivity index (χ4v) is 3.56. The van der Waals surface area contributed by atoms with Crippen molar-refractivity contribution in [2.45, 2.75) is 36.1 Å². The Labute approximate surface area is 116 Å². The lowest BCUT2D eigenvalue weighted by atomic mass is 9.75. The number of aliphatic carboxylic acids is 1. The van der Waals surface area contributed by atoms with Crippen LogP contribution in [0.15, 0.2) is 23.2 Å². The van der Waals surface area contributed by atoms with Crippen LogP contribution in [0.5, 0.6) is 0 Å². The highest BCUT2D eigenvalue weighted by Crippen LogP contribution is 2.36. The summed E-state index contributed by atoms with van der Waals surface area (Å²) in [5.74, 6) is -1.04. The van der Waals surface area contributed by atoms with Crippen molar-refractivity contribution >= 4 is 16.0 Å². The van der Waals surface area contributed by atoms with Crippen molar-refractivity contribution in [3.63, 3.8) is 0 Å². The maximum absolute atomic E-state index is 12.2. The van der Waals surface area contributed by atoms with Crippen LogP contribution in [-0.4, -0.2) is 30.0 Å². The van der Waals surface area contributed by atoms with Gasteiger partial charge in [-0.05, 0) is 31.4 Å². The highest BCUT2D eigenvalue weighted by molar-refractivity contribution is 7.89. The molecule has 1 aromatic heterocycles. The third kappa shape index (κ3) is 2.95. The zero-order valence-electron chi connectivity index (χ0n) is 10.5. The van der Waals surface area contributed by atoms with Crippen molar-refractivity contribution in [3.8, 4) is 6.07 Å². The van der Waals surface area contributed by atoms with Crippen LogP contribution in [0.3, 0.4) is 0 Å². The fraction of sp³-hybridized carbons (Fsp3) is 0.417. The Hall–Kier alpha value is -1.98. The first-order valence-electron chi connectivity index (χ1n) is 5.99. The van der Waals surface area contributed by atoms with Gasteiger partial charge in [0.15, 0.2) is 0 Å². The highest BCUT2D eigenvalue weighted by atomic mass is 32.2. The lowest BCUT2D eigenvalue weighted by molar-refractivity contribution is -0.139. The summed E-state index contributed by atoms with van der Waals surface area (Å²) in [5.41, 5.74) is -0.786. The molecule has 7 nitrogen and oxygen atoms in total. The number of nitrogens with one attached hydrogen (secondary N) is 1. The third-order valence-corrected chi connectivity index (χ3v) is 4.88. The van der Waals surface area contributed by atoms with Crippen LogP contribution in [0.2, 0.25) is 0 Å². The predicted octanol–water partition coefficient (Wildman–Crippen LogP) is 0.629. The van der Waals surface area contributed by atoms with Crippen LogP contribution in [0, 0.1) is 11.3 Å². The summed E-state index contributed by atoms with van der Waals surface area (Å²) in [5, 5.41) is 17.5. The van der Waals surface area contributed by atoms with Crippen molar-refractivity contribution in [1.29, 1.82) is 5.26 Å². The van der Waals surface area contributed by atoms with E-state index in [-0.39, 0.29) is 17.0 Å². The maximum Gasteiger partial charge on any atom is 0.305 e. The second-order valence-corrected chi connectivity index (χ2v) is 6.48. The standard InChI is InChI=1S/C12H13N3O4S/c13-7-9-2-3-10(8-14-9)20(18,19)15-12(4-1-5-12)6-11(16)17/h2-3,8,15H,1,4-6H2,(H,16,17). The average molecular weight is 295 g/mol. The molecule has 1 aromatic rings. The molecular weight excluding hydrogens is 282 g/mol. The number of aromatic nitrogens is 1. The molecule has 2 N–H and O–H groups in total. The van der Waals surface area contributed by atoms with Crippen molar-refractivity contribution in [1.82, 2.24) is 9.71 Å². The lowest BCUT2D eigenvalue weighted by Crippen LogP contribution is -2.54. The van der Waals surface area contributed by atoms with Gasteiger partial charge in [-0.15, -0.1) is 0 Å². The molecule has 0 bridgehead atoms. The SMILES string of the molecule is N#Cc1ccc(S(=O)(=O)NC2(CC(=O)O)CCC2)cn1. The van der Waals surface area contributed by atoms with Gasteiger partial charge in [-0.2, -0.15) is 5.26 Å². The Morgan fingerprint density at radius 2 is 2.20 bits per heavy atom. The summed E-state index contributed by atoms with van der Waals surface area (Å²) in [6.07, 6.45) is 2.65. The van der Waals surface area contributed by atoms with Gasteiger partial charge in [-0.25, -0.2) is 18.1 Å². The molecule has 0 saturated heterocycles. The van der Waals surface area contributed by atoms with Crippen molar-refractivity contribution in [2.75, 3.05) is 0 Å². The summed E-state index contributed by atoms with van der Waals surface area (Å²) >= 11 is 0. The normalized spacial score (nSPS) is 16.9. The van der Waals surface area contributed by atoms with Gasteiger partial charge in [0.05, 0.1) is 6.42 Å². The molecule has 0 aliphatic heterocycles. The van der Waals surface area contributed by atoms with Crippen LogP contribution in [0.25, 0.3) is 0 Å². The molecule has 2 rings (SSSR count). The molecule has 0 spiro atoms. The summed E-state index contributed by atoms with van der Waals surface area (Å²) in [4.78, 5) is 14.5. The first kappa shape index (κ1) is 14.4. The Morgan fingerprint density at radius 1 is 1.50 bits per heavy atom. The van der Waals surface area contributed by atoms with E-state index in [1.807, 2.05) is 0 Å². The molecule has 0 aromatic carbocycles. The minimum atomic E-state index is -3.83. The molecular formula is C12H13N3O4S. The fourth-order valence-electron chi connectivity index (χ4n) is 2.16. The Kier molecular flexibility index (Phi) is 3.74. The number of nitrogens with zero attached hydrogens (tertiary/aromatic N) is 2. The third-order valence-electron chi connectivity index (χ3n) is 3.31. The number of rotatable bonds is 5. The Morgan fingerprint density at radius 3 is 2.60 bits per heavy atom. The molecule has 8 heteroatoms. The van der Waals surface area contributed by atoms with Gasteiger partial charge in [0.2, 0.25) is 10.0 Å². The molecule has 20 heavy (non-hydrogen) atoms. The van der Waals surface area contributed by atoms with Crippen LogP contribution in [0.1, 0.15) is 31.4 Å². The monoisotopic (exact) mass is 295 g/mol. The molecule has 106 valence electrons. The van der Waals surface area contributed by atoms with E-state index in [1.165, 1.54) is 12.1 Å². The van der Waals surface area contributed by atoms with Crippen LogP contribution < -0.4 is 4.72 Å². The largest absolute Gasteiger partial charge is 0.481 e. The van der Waals surface area contributed by atoms with Crippen molar-refractivity contribution in [3.05, 3.63) is 24.0 Å². The Bertz CT molecular complexity index is 657. The van der Waals surface area contributed by atoms with E-state index in [1.54, 1.807) is 6.07 Å². The van der Waals surface area contributed by atoms with E-state index in [9.17, 15) is 13.2 Å². The zero-order valence-corrected chi connectivity index (χ0v) is 11.4. The topological polar surface area (TPSA) is 120 Å². The molecule has 1 aliphatic rings. The van der Waals surface area contributed by atoms with E-state index >= 15 is 0 Å². The van der Waals surface area contributed by atoms with E-state index in [2.05, 4.69) is 9.71 Å². The molecule has 1 fully saturated rings. The summed E-state index contributed by atoms with van der Waals surface area (Å²) < 4.78 is 26.8. The molecule has 1 aliphatic carbocycles. The maximum atomic E-state index is 12.2. The number of carboxylic acids is 1. The minimum absolute atomic E-state index is 0.0758. The van der Waals surface area contributed by atoms with Crippen molar-refractivity contribution in [2.24, 2.45) is 0 Å².